The molecule has 11 heteroatoms. The number of anilines is 1. The zero-order valence-electron chi connectivity index (χ0n) is 18.6. The third kappa shape index (κ3) is 8.50. The number of para-hydroxylation sites is 1. The molecule has 2 atom stereocenters. The molecule has 32 heavy (non-hydrogen) atoms. The fraction of sp³-hybridized carbons (Fsp3) is 0.381. The van der Waals surface area contributed by atoms with Crippen molar-refractivity contribution >= 4 is 40.9 Å². The number of carbonyl (C=O) groups excluding carboxylic acids is 1. The van der Waals surface area contributed by atoms with Gasteiger partial charge >= 0.3 is 13.7 Å². The van der Waals surface area contributed by atoms with Crippen molar-refractivity contribution in [3.8, 4) is 11.5 Å². The molecule has 1 N–H and O–H groups in total. The van der Waals surface area contributed by atoms with Gasteiger partial charge in [-0.15, -0.1) is 0 Å². The molecular weight excluding hydrogens is 550 g/mol. The lowest BCUT2D eigenvalue weighted by Gasteiger charge is -2.24. The van der Waals surface area contributed by atoms with E-state index < -0.39 is 41.2 Å². The molecule has 0 spiro atoms. The Hall–Kier alpha value is -2.01. The van der Waals surface area contributed by atoms with Crippen LogP contribution in [0.2, 0.25) is 0 Å². The first kappa shape index (κ1) is 26.2. The molecule has 0 aliphatic carbocycles. The largest absolute Gasteiger partial charge is 0.513 e. The Morgan fingerprint density at radius 1 is 1.06 bits per heavy atom. The van der Waals surface area contributed by atoms with Crippen LogP contribution in [0.1, 0.15) is 27.7 Å². The summed E-state index contributed by atoms with van der Waals surface area (Å²) in [7, 11) is -2.63. The van der Waals surface area contributed by atoms with Crippen LogP contribution in [0.15, 0.2) is 54.6 Å². The van der Waals surface area contributed by atoms with Gasteiger partial charge in [0.25, 0.3) is 21.5 Å². The van der Waals surface area contributed by atoms with E-state index in [1.807, 2.05) is 20.8 Å². The third-order valence-electron chi connectivity index (χ3n) is 3.81. The van der Waals surface area contributed by atoms with Crippen molar-refractivity contribution < 1.29 is 31.1 Å². The zero-order chi connectivity index (χ0) is 23.8. The second kappa shape index (κ2) is 11.7. The second-order valence-corrected chi connectivity index (χ2v) is 10.9. The van der Waals surface area contributed by atoms with Gasteiger partial charge in [0, 0.05) is 0 Å². The summed E-state index contributed by atoms with van der Waals surface area (Å²) in [4.78, 5) is 17.4. The van der Waals surface area contributed by atoms with E-state index in [4.69, 9.17) is 18.6 Å². The lowest BCUT2D eigenvalue weighted by molar-refractivity contribution is -0.148. The van der Waals surface area contributed by atoms with Crippen LogP contribution >= 0.6 is 29.2 Å². The van der Waals surface area contributed by atoms with Gasteiger partial charge in [-0.2, -0.15) is 8.36 Å². The van der Waals surface area contributed by atoms with Gasteiger partial charge in [-0.1, -0.05) is 39.0 Å². The molecule has 0 aliphatic rings. The van der Waals surface area contributed by atoms with Crippen molar-refractivity contribution in [1.29, 1.82) is 0 Å². The number of carbonyl (C=O) groups is 1. The number of hydrogen-bond acceptors (Lipinski definition) is 7. The van der Waals surface area contributed by atoms with Gasteiger partial charge in [-0.25, -0.2) is 7.63 Å². The van der Waals surface area contributed by atoms with Crippen LogP contribution in [0.3, 0.4) is 0 Å². The number of halogens is 1. The number of nitrogens with zero attached hydrogens (tertiary/aromatic N) is 1. The van der Waals surface area contributed by atoms with Gasteiger partial charge in [0.2, 0.25) is 0 Å². The minimum absolute atomic E-state index is 0.208. The molecule has 0 heterocycles. The SMILES string of the molecule is CON(I=O)c1ccc(O[P@](=O)(N[C@@H](C)C(=O)OCC(C)(C)C)Oc2ccccc2)cc1. The van der Waals surface area contributed by atoms with Crippen LogP contribution < -0.4 is 17.4 Å². The summed E-state index contributed by atoms with van der Waals surface area (Å²) in [6, 6.07) is 13.8. The molecule has 9 nitrogen and oxygen atoms in total. The summed E-state index contributed by atoms with van der Waals surface area (Å²) in [5.41, 5.74) is 0.342. The van der Waals surface area contributed by atoms with Crippen molar-refractivity contribution in [3.63, 3.8) is 0 Å². The van der Waals surface area contributed by atoms with Crippen molar-refractivity contribution in [2.75, 3.05) is 17.0 Å². The highest BCUT2D eigenvalue weighted by Gasteiger charge is 2.34. The van der Waals surface area contributed by atoms with E-state index in [0.29, 0.717) is 11.4 Å². The Kier molecular flexibility index (Phi) is 9.63. The molecular formula is C21H28IN2O7P. The molecule has 0 saturated carbocycles. The summed E-state index contributed by atoms with van der Waals surface area (Å²) in [5, 5.41) is 2.64. The predicted molar refractivity (Wildman–Crippen MR) is 129 cm³/mol. The fourth-order valence-corrected chi connectivity index (χ4v) is 4.56. The summed E-state index contributed by atoms with van der Waals surface area (Å²) in [5.74, 6) is -0.0568. The van der Waals surface area contributed by atoms with E-state index in [9.17, 15) is 12.4 Å². The van der Waals surface area contributed by atoms with Gasteiger partial charge in [0.1, 0.15) is 17.5 Å². The van der Waals surface area contributed by atoms with Crippen LogP contribution in [-0.4, -0.2) is 25.7 Å². The first-order chi connectivity index (χ1) is 15.0. The molecule has 2 aromatic carbocycles. The van der Waals surface area contributed by atoms with Gasteiger partial charge in [0.15, 0.2) is 0 Å². The highest BCUT2D eigenvalue weighted by molar-refractivity contribution is 14.1. The number of benzene rings is 2. The maximum atomic E-state index is 13.6. The van der Waals surface area contributed by atoms with E-state index in [1.54, 1.807) is 42.5 Å². The molecule has 0 saturated heterocycles. The number of rotatable bonds is 11. The Balaban J connectivity index is 2.20. The number of ether oxygens (including phenoxy) is 1. The maximum Gasteiger partial charge on any atom is 0.513 e. The van der Waals surface area contributed by atoms with Crippen molar-refractivity contribution in [1.82, 2.24) is 5.09 Å². The molecule has 0 fully saturated rings. The summed E-state index contributed by atoms with van der Waals surface area (Å²) < 4.78 is 42.6. The van der Waals surface area contributed by atoms with Crippen molar-refractivity contribution in [3.05, 3.63) is 54.6 Å². The Bertz CT molecular complexity index is 935. The lowest BCUT2D eigenvalue weighted by atomic mass is 9.99. The number of esters is 1. The van der Waals surface area contributed by atoms with Crippen LogP contribution in [0.25, 0.3) is 0 Å². The average Bonchev–Trinajstić information content (AvgIpc) is 2.74. The number of nitrogens with one attached hydrogen (secondary N) is 1. The molecule has 0 aromatic heterocycles. The van der Waals surface area contributed by atoms with Crippen LogP contribution in [0.5, 0.6) is 11.5 Å². The maximum absolute atomic E-state index is 13.6. The lowest BCUT2D eigenvalue weighted by Crippen LogP contribution is -2.37. The van der Waals surface area contributed by atoms with Crippen LogP contribution in [0, 0.1) is 5.41 Å². The normalized spacial score (nSPS) is 14.2. The quantitative estimate of drug-likeness (QED) is 0.123. The second-order valence-electron chi connectivity index (χ2n) is 8.00. The van der Waals surface area contributed by atoms with Gasteiger partial charge in [-0.05, 0) is 48.7 Å². The molecule has 2 aromatic rings. The third-order valence-corrected chi connectivity index (χ3v) is 6.72. The zero-order valence-corrected chi connectivity index (χ0v) is 21.7. The van der Waals surface area contributed by atoms with E-state index in [1.165, 1.54) is 29.4 Å². The molecule has 0 radical (unpaired) electrons. The Labute approximate surface area is 198 Å². The first-order valence-corrected chi connectivity index (χ1v) is 13.1. The fourth-order valence-electron chi connectivity index (χ4n) is 2.33. The summed E-state index contributed by atoms with van der Waals surface area (Å²) in [6.45, 7) is 7.55. The molecule has 2 rings (SSSR count). The summed E-state index contributed by atoms with van der Waals surface area (Å²) >= 11 is -1.56. The Morgan fingerprint density at radius 2 is 1.62 bits per heavy atom. The topological polar surface area (TPSA) is 103 Å². The molecule has 0 unspecified atom stereocenters. The first-order valence-electron chi connectivity index (χ1n) is 9.75. The van der Waals surface area contributed by atoms with E-state index in [2.05, 4.69) is 5.09 Å². The predicted octanol–water partition coefficient (Wildman–Crippen LogP) is 5.42. The molecule has 0 bridgehead atoms. The molecule has 0 aliphatic heterocycles. The van der Waals surface area contributed by atoms with Gasteiger partial charge in [-0.3, -0.25) is 9.63 Å². The van der Waals surface area contributed by atoms with Crippen molar-refractivity contribution in [2.24, 2.45) is 5.41 Å². The van der Waals surface area contributed by atoms with Crippen LogP contribution in [-0.2, 0) is 22.0 Å². The standard InChI is InChI=1S/C21H28IN2O7P/c1-16(20(25)29-15-21(2,3)4)23-32(27,30-18-9-7-6-8-10-18)31-19-13-11-17(12-14-19)24(22-26)28-5/h6-14,16H,15H2,1-5H3,(H,23,27)/t16-,32-/m0/s1. The smallest absolute Gasteiger partial charge is 0.464 e. The van der Waals surface area contributed by atoms with Crippen molar-refractivity contribution in [2.45, 2.75) is 33.7 Å². The minimum atomic E-state index is -4.04. The average molecular weight is 578 g/mol. The molecule has 0 amide bonds. The minimum Gasteiger partial charge on any atom is -0.464 e. The Morgan fingerprint density at radius 3 is 2.12 bits per heavy atom. The van der Waals surface area contributed by atoms with E-state index in [-0.39, 0.29) is 17.8 Å². The number of hydrogen-bond donors (Lipinski definition) is 1. The van der Waals surface area contributed by atoms with Crippen LogP contribution in [0.4, 0.5) is 5.69 Å². The highest BCUT2D eigenvalue weighted by atomic mass is 127. The monoisotopic (exact) mass is 578 g/mol. The molecule has 176 valence electrons. The van der Waals surface area contributed by atoms with Gasteiger partial charge < -0.3 is 13.8 Å². The van der Waals surface area contributed by atoms with E-state index in [0.717, 1.165) is 0 Å². The summed E-state index contributed by atoms with van der Waals surface area (Å²) in [6.07, 6.45) is 0. The highest BCUT2D eigenvalue weighted by Crippen LogP contribution is 2.45. The van der Waals surface area contributed by atoms with E-state index >= 15 is 0 Å². The van der Waals surface area contributed by atoms with Gasteiger partial charge in [0.05, 0.1) is 19.4 Å².